The van der Waals surface area contributed by atoms with Crippen LogP contribution in [0.1, 0.15) is 25.8 Å². The van der Waals surface area contributed by atoms with E-state index in [2.05, 4.69) is 0 Å². The molecule has 0 heterocycles. The number of hydrogen-bond donors (Lipinski definition) is 0. The Kier molecular flexibility index (Phi) is 4.88. The van der Waals surface area contributed by atoms with Crippen LogP contribution in [0.2, 0.25) is 5.02 Å². The summed E-state index contributed by atoms with van der Waals surface area (Å²) in [5.74, 6) is -0.351. The topological polar surface area (TPSA) is 20.3 Å². The molecule has 2 nitrogen and oxygen atoms in total. The number of benzene rings is 1. The summed E-state index contributed by atoms with van der Waals surface area (Å²) in [5, 5.41) is 0.0587. The quantitative estimate of drug-likeness (QED) is 0.819. The summed E-state index contributed by atoms with van der Waals surface area (Å²) in [6, 6.07) is 4.41. The second-order valence-electron chi connectivity index (χ2n) is 4.87. The van der Waals surface area contributed by atoms with Crippen LogP contribution in [-0.2, 0) is 11.2 Å². The molecule has 0 amide bonds. The van der Waals surface area contributed by atoms with Gasteiger partial charge in [-0.3, -0.25) is 9.69 Å². The molecule has 4 heteroatoms. The highest BCUT2D eigenvalue weighted by atomic mass is 35.5. The van der Waals surface area contributed by atoms with E-state index in [0.717, 1.165) is 12.0 Å². The summed E-state index contributed by atoms with van der Waals surface area (Å²) in [4.78, 5) is 14.2. The van der Waals surface area contributed by atoms with Crippen LogP contribution in [0.25, 0.3) is 0 Å². The molecule has 0 spiro atoms. The third-order valence-corrected chi connectivity index (χ3v) is 3.91. The van der Waals surface area contributed by atoms with Crippen molar-refractivity contribution in [2.45, 2.75) is 32.2 Å². The van der Waals surface area contributed by atoms with Gasteiger partial charge >= 0.3 is 0 Å². The Hall–Kier alpha value is -0.930. The van der Waals surface area contributed by atoms with Crippen molar-refractivity contribution in [3.8, 4) is 0 Å². The van der Waals surface area contributed by atoms with E-state index < -0.39 is 11.4 Å². The second kappa shape index (κ2) is 5.81. The summed E-state index contributed by atoms with van der Waals surface area (Å²) in [7, 11) is 3.78. The Morgan fingerprint density at radius 3 is 2.50 bits per heavy atom. The van der Waals surface area contributed by atoms with Crippen molar-refractivity contribution >= 4 is 17.4 Å². The lowest BCUT2D eigenvalue weighted by molar-refractivity contribution is -0.128. The Labute approximate surface area is 113 Å². The lowest BCUT2D eigenvalue weighted by Crippen LogP contribution is -2.48. The van der Waals surface area contributed by atoms with E-state index in [0.29, 0.717) is 0 Å². The standard InChI is InChI=1S/C14H19ClFNO/c1-5-14(2,17(3)4)13(18)9-10-6-7-12(16)11(15)8-10/h6-8H,5,9H2,1-4H3. The van der Waals surface area contributed by atoms with Crippen molar-refractivity contribution in [3.63, 3.8) is 0 Å². The van der Waals surface area contributed by atoms with Gasteiger partial charge < -0.3 is 0 Å². The number of ketones is 1. The summed E-state index contributed by atoms with van der Waals surface area (Å²) in [6.07, 6.45) is 0.996. The molecule has 0 fully saturated rings. The van der Waals surface area contributed by atoms with Gasteiger partial charge in [-0.2, -0.15) is 0 Å². The number of carbonyl (C=O) groups is 1. The van der Waals surface area contributed by atoms with Crippen LogP contribution in [0.3, 0.4) is 0 Å². The van der Waals surface area contributed by atoms with Crippen LogP contribution in [0.15, 0.2) is 18.2 Å². The fourth-order valence-electron chi connectivity index (χ4n) is 1.79. The van der Waals surface area contributed by atoms with Crippen molar-refractivity contribution in [2.75, 3.05) is 14.1 Å². The minimum Gasteiger partial charge on any atom is -0.297 e. The smallest absolute Gasteiger partial charge is 0.157 e. The summed E-state index contributed by atoms with van der Waals surface area (Å²) in [5.41, 5.74) is 0.244. The van der Waals surface area contributed by atoms with E-state index >= 15 is 0 Å². The van der Waals surface area contributed by atoms with Crippen LogP contribution >= 0.6 is 11.6 Å². The van der Waals surface area contributed by atoms with Gasteiger partial charge in [-0.15, -0.1) is 0 Å². The summed E-state index contributed by atoms with van der Waals surface area (Å²) < 4.78 is 13.0. The maximum Gasteiger partial charge on any atom is 0.157 e. The first-order valence-corrected chi connectivity index (χ1v) is 6.33. The van der Waals surface area contributed by atoms with Crippen molar-refractivity contribution in [3.05, 3.63) is 34.6 Å². The Bertz CT molecular complexity index is 447. The average molecular weight is 272 g/mol. The maximum absolute atomic E-state index is 13.0. The van der Waals surface area contributed by atoms with Gasteiger partial charge in [0.15, 0.2) is 5.78 Å². The molecule has 0 aliphatic rings. The number of carbonyl (C=O) groups excluding carboxylic acids is 1. The minimum atomic E-state index is -0.499. The molecule has 0 aliphatic heterocycles. The fourth-order valence-corrected chi connectivity index (χ4v) is 1.99. The van der Waals surface area contributed by atoms with Gasteiger partial charge in [0, 0.05) is 6.42 Å². The maximum atomic E-state index is 13.0. The highest BCUT2D eigenvalue weighted by Gasteiger charge is 2.32. The largest absolute Gasteiger partial charge is 0.297 e. The van der Waals surface area contributed by atoms with Gasteiger partial charge in [-0.1, -0.05) is 24.6 Å². The van der Waals surface area contributed by atoms with Gasteiger partial charge in [0.25, 0.3) is 0 Å². The molecule has 0 radical (unpaired) electrons. The predicted octanol–water partition coefficient (Wildman–Crippen LogP) is 3.32. The molecule has 0 bridgehead atoms. The van der Waals surface area contributed by atoms with Crippen LogP contribution in [0.4, 0.5) is 4.39 Å². The number of Topliss-reactive ketones (excluding diaryl/α,β-unsaturated/α-hetero) is 1. The first-order chi connectivity index (χ1) is 8.31. The summed E-state index contributed by atoms with van der Waals surface area (Å²) in [6.45, 7) is 3.90. The summed E-state index contributed by atoms with van der Waals surface area (Å²) >= 11 is 5.71. The molecule has 0 saturated carbocycles. The lowest BCUT2D eigenvalue weighted by atomic mass is 9.88. The Morgan fingerprint density at radius 2 is 2.06 bits per heavy atom. The number of rotatable bonds is 5. The molecule has 0 aromatic heterocycles. The minimum absolute atomic E-state index is 0.0587. The van der Waals surface area contributed by atoms with Crippen LogP contribution in [0, 0.1) is 5.82 Å². The number of nitrogens with zero attached hydrogens (tertiary/aromatic N) is 1. The van der Waals surface area contributed by atoms with Crippen molar-refractivity contribution in [1.82, 2.24) is 4.90 Å². The van der Waals surface area contributed by atoms with E-state index in [4.69, 9.17) is 11.6 Å². The van der Waals surface area contributed by atoms with Gasteiger partial charge in [0.2, 0.25) is 0 Å². The fraction of sp³-hybridized carbons (Fsp3) is 0.500. The predicted molar refractivity (Wildman–Crippen MR) is 72.5 cm³/mol. The first-order valence-electron chi connectivity index (χ1n) is 5.96. The molecule has 1 atom stereocenters. The first kappa shape index (κ1) is 15.1. The monoisotopic (exact) mass is 271 g/mol. The molecule has 1 aromatic carbocycles. The molecule has 0 aliphatic carbocycles. The van der Waals surface area contributed by atoms with Crippen molar-refractivity contribution in [1.29, 1.82) is 0 Å². The molecule has 1 rings (SSSR count). The van der Waals surface area contributed by atoms with Crippen LogP contribution in [0.5, 0.6) is 0 Å². The molecular weight excluding hydrogens is 253 g/mol. The van der Waals surface area contributed by atoms with E-state index in [-0.39, 0.29) is 17.2 Å². The zero-order valence-electron chi connectivity index (χ0n) is 11.3. The number of likely N-dealkylation sites (N-methyl/N-ethyl adjacent to an activating group) is 1. The van der Waals surface area contributed by atoms with E-state index in [9.17, 15) is 9.18 Å². The van der Waals surface area contributed by atoms with Gasteiger partial charge in [0.05, 0.1) is 10.6 Å². The van der Waals surface area contributed by atoms with Crippen LogP contribution < -0.4 is 0 Å². The van der Waals surface area contributed by atoms with Gasteiger partial charge in [-0.05, 0) is 45.1 Å². The van der Waals surface area contributed by atoms with E-state index in [1.165, 1.54) is 12.1 Å². The lowest BCUT2D eigenvalue weighted by Gasteiger charge is -2.34. The molecule has 0 N–H and O–H groups in total. The SMILES string of the molecule is CCC(C)(C(=O)Cc1ccc(F)c(Cl)c1)N(C)C. The highest BCUT2D eigenvalue weighted by Crippen LogP contribution is 2.22. The third kappa shape index (κ3) is 3.09. The molecule has 100 valence electrons. The molecular formula is C14H19ClFNO. The Morgan fingerprint density at radius 1 is 1.44 bits per heavy atom. The molecule has 18 heavy (non-hydrogen) atoms. The average Bonchev–Trinajstić information content (AvgIpc) is 2.32. The molecule has 0 saturated heterocycles. The van der Waals surface area contributed by atoms with Gasteiger partial charge in [0.1, 0.15) is 5.82 Å². The number of halogens is 2. The van der Waals surface area contributed by atoms with Crippen molar-refractivity contribution in [2.24, 2.45) is 0 Å². The van der Waals surface area contributed by atoms with E-state index in [1.54, 1.807) is 6.07 Å². The molecule has 1 aromatic rings. The zero-order chi connectivity index (χ0) is 13.9. The highest BCUT2D eigenvalue weighted by molar-refractivity contribution is 6.30. The van der Waals surface area contributed by atoms with Gasteiger partial charge in [-0.25, -0.2) is 4.39 Å². The van der Waals surface area contributed by atoms with E-state index in [1.807, 2.05) is 32.8 Å². The number of hydrogen-bond acceptors (Lipinski definition) is 2. The second-order valence-corrected chi connectivity index (χ2v) is 5.28. The third-order valence-electron chi connectivity index (χ3n) is 3.62. The Balaban J connectivity index is 2.90. The zero-order valence-corrected chi connectivity index (χ0v) is 12.0. The molecule has 1 unspecified atom stereocenters. The van der Waals surface area contributed by atoms with Crippen molar-refractivity contribution < 1.29 is 9.18 Å². The normalized spacial score (nSPS) is 14.6. The van der Waals surface area contributed by atoms with Crippen LogP contribution in [-0.4, -0.2) is 30.3 Å².